The molecular weight excluding hydrogens is 368 g/mol. The largest absolute Gasteiger partial charge is 0.467 e. The summed E-state index contributed by atoms with van der Waals surface area (Å²) < 4.78 is 11.2. The van der Waals surface area contributed by atoms with Gasteiger partial charge >= 0.3 is 0 Å². The van der Waals surface area contributed by atoms with Gasteiger partial charge in [-0.15, -0.1) is 0 Å². The summed E-state index contributed by atoms with van der Waals surface area (Å²) in [6.07, 6.45) is 5.63. The minimum atomic E-state index is -0.128. The van der Waals surface area contributed by atoms with Crippen LogP contribution in [-0.2, 0) is 17.8 Å². The molecule has 3 heterocycles. The Hall–Kier alpha value is -2.80. The van der Waals surface area contributed by atoms with Crippen molar-refractivity contribution in [1.82, 2.24) is 16.0 Å². The summed E-state index contributed by atoms with van der Waals surface area (Å²) in [6.45, 7) is 3.71. The molecule has 7 heteroatoms. The molecular formula is C22H28N4O3. The molecule has 0 spiro atoms. The summed E-state index contributed by atoms with van der Waals surface area (Å²) in [5, 5.41) is 9.69. The lowest BCUT2D eigenvalue weighted by Gasteiger charge is -2.22. The number of carbonyl (C=O) groups is 1. The summed E-state index contributed by atoms with van der Waals surface area (Å²) in [7, 11) is 0. The maximum atomic E-state index is 12.4. The van der Waals surface area contributed by atoms with Gasteiger partial charge in [-0.25, -0.2) is 4.99 Å². The topological polar surface area (TPSA) is 87.9 Å². The Bertz CT molecular complexity index is 850. The zero-order valence-electron chi connectivity index (χ0n) is 16.7. The van der Waals surface area contributed by atoms with Crippen LogP contribution in [0.3, 0.4) is 0 Å². The van der Waals surface area contributed by atoms with Crippen LogP contribution in [0.15, 0.2) is 52.1 Å². The van der Waals surface area contributed by atoms with Gasteiger partial charge in [0.05, 0.1) is 37.6 Å². The smallest absolute Gasteiger partial charge is 0.251 e. The van der Waals surface area contributed by atoms with Crippen LogP contribution in [-0.4, -0.2) is 36.7 Å². The number of furan rings is 1. The van der Waals surface area contributed by atoms with E-state index in [1.54, 1.807) is 18.4 Å². The summed E-state index contributed by atoms with van der Waals surface area (Å²) in [4.78, 5) is 17.1. The Balaban J connectivity index is 1.35. The van der Waals surface area contributed by atoms with Crippen molar-refractivity contribution in [1.29, 1.82) is 0 Å². The van der Waals surface area contributed by atoms with Gasteiger partial charge < -0.3 is 25.1 Å². The van der Waals surface area contributed by atoms with E-state index in [1.165, 1.54) is 6.42 Å². The van der Waals surface area contributed by atoms with E-state index in [4.69, 9.17) is 14.1 Å². The van der Waals surface area contributed by atoms with Gasteiger partial charge in [-0.2, -0.15) is 0 Å². The maximum absolute atomic E-state index is 12.4. The van der Waals surface area contributed by atoms with Gasteiger partial charge in [-0.1, -0.05) is 12.1 Å². The molecule has 0 radical (unpaired) electrons. The molecule has 7 nitrogen and oxygen atoms in total. The van der Waals surface area contributed by atoms with Crippen molar-refractivity contribution in [2.75, 3.05) is 6.54 Å². The van der Waals surface area contributed by atoms with Gasteiger partial charge in [-0.05, 0) is 56.0 Å². The third-order valence-corrected chi connectivity index (χ3v) is 5.38. The van der Waals surface area contributed by atoms with Crippen molar-refractivity contribution in [2.45, 2.75) is 57.5 Å². The first-order chi connectivity index (χ1) is 14.2. The predicted octanol–water partition coefficient (Wildman–Crippen LogP) is 2.58. The molecule has 2 saturated heterocycles. The molecule has 1 amide bonds. The van der Waals surface area contributed by atoms with Crippen LogP contribution in [0.1, 0.15) is 47.9 Å². The van der Waals surface area contributed by atoms with Crippen LogP contribution in [0.5, 0.6) is 0 Å². The fraction of sp³-hybridized carbons (Fsp3) is 0.455. The van der Waals surface area contributed by atoms with E-state index in [1.807, 2.05) is 24.3 Å². The first-order valence-electron chi connectivity index (χ1n) is 10.3. The van der Waals surface area contributed by atoms with Gasteiger partial charge in [-0.3, -0.25) is 4.79 Å². The molecule has 1 aromatic heterocycles. The highest BCUT2D eigenvalue weighted by atomic mass is 16.5. The van der Waals surface area contributed by atoms with Crippen molar-refractivity contribution in [3.8, 4) is 0 Å². The predicted molar refractivity (Wildman–Crippen MR) is 111 cm³/mol. The number of nitrogens with zero attached hydrogens (tertiary/aromatic N) is 1. The first kappa shape index (κ1) is 19.5. The molecule has 2 bridgehead atoms. The van der Waals surface area contributed by atoms with E-state index >= 15 is 0 Å². The second kappa shape index (κ2) is 9.13. The average Bonchev–Trinajstić information content (AvgIpc) is 3.49. The van der Waals surface area contributed by atoms with Crippen molar-refractivity contribution < 1.29 is 13.9 Å². The molecule has 0 saturated carbocycles. The quantitative estimate of drug-likeness (QED) is 0.495. The molecule has 29 heavy (non-hydrogen) atoms. The molecule has 2 aliphatic rings. The number of hydrogen-bond acceptors (Lipinski definition) is 4. The average molecular weight is 396 g/mol. The van der Waals surface area contributed by atoms with Crippen molar-refractivity contribution in [3.05, 3.63) is 59.5 Å². The highest BCUT2D eigenvalue weighted by Crippen LogP contribution is 2.34. The van der Waals surface area contributed by atoms with Gasteiger partial charge in [0.25, 0.3) is 5.91 Å². The molecule has 2 aromatic rings. The Labute approximate surface area is 170 Å². The number of hydrogen-bond donors (Lipinski definition) is 3. The Morgan fingerprint density at radius 3 is 2.86 bits per heavy atom. The lowest BCUT2D eigenvalue weighted by Crippen LogP contribution is -2.47. The Kier molecular flexibility index (Phi) is 6.14. The van der Waals surface area contributed by atoms with Crippen LogP contribution in [0.2, 0.25) is 0 Å². The first-order valence-corrected chi connectivity index (χ1v) is 10.3. The normalized spacial score (nSPS) is 23.2. The third-order valence-electron chi connectivity index (χ3n) is 5.38. The molecule has 1 aromatic carbocycles. The van der Waals surface area contributed by atoms with E-state index in [9.17, 15) is 4.79 Å². The van der Waals surface area contributed by atoms with Crippen LogP contribution < -0.4 is 16.0 Å². The Morgan fingerprint density at radius 1 is 1.21 bits per heavy atom. The molecule has 2 aliphatic heterocycles. The summed E-state index contributed by atoms with van der Waals surface area (Å²) in [6, 6.07) is 11.5. The minimum Gasteiger partial charge on any atom is -0.467 e. The minimum absolute atomic E-state index is 0.128. The summed E-state index contributed by atoms with van der Waals surface area (Å²) in [5.41, 5.74) is 1.60. The van der Waals surface area contributed by atoms with Crippen LogP contribution in [0.25, 0.3) is 0 Å². The number of guanidine groups is 1. The van der Waals surface area contributed by atoms with Crippen LogP contribution in [0, 0.1) is 0 Å². The highest BCUT2D eigenvalue weighted by molar-refractivity contribution is 5.94. The summed E-state index contributed by atoms with van der Waals surface area (Å²) in [5.74, 6) is 1.39. The van der Waals surface area contributed by atoms with Crippen molar-refractivity contribution in [3.63, 3.8) is 0 Å². The monoisotopic (exact) mass is 396 g/mol. The number of aliphatic imine (C=N–C) groups is 1. The van der Waals surface area contributed by atoms with Crippen molar-refractivity contribution in [2.24, 2.45) is 4.99 Å². The number of ether oxygens (including phenoxy) is 1. The highest BCUT2D eigenvalue weighted by Gasteiger charge is 2.41. The van der Waals surface area contributed by atoms with Crippen LogP contribution in [0.4, 0.5) is 0 Å². The number of fused-ring (bicyclic) bond motifs is 2. The lowest BCUT2D eigenvalue weighted by molar-refractivity contribution is 0.0947. The lowest BCUT2D eigenvalue weighted by atomic mass is 9.96. The zero-order valence-corrected chi connectivity index (χ0v) is 16.7. The molecule has 2 fully saturated rings. The standard InChI is InChI=1S/C22H28N4O3/c1-2-23-22(26-19-12-17-8-9-20(19)29-17)25-13-15-5-3-6-16(11-15)21(27)24-14-18-7-4-10-28-18/h3-7,10-11,17,19-20H,2,8-9,12-14H2,1H3,(H,24,27)(H2,23,25,26). The van der Waals surface area contributed by atoms with Crippen molar-refractivity contribution >= 4 is 11.9 Å². The number of nitrogens with one attached hydrogen (secondary N) is 3. The van der Waals surface area contributed by atoms with Crippen LogP contribution >= 0.6 is 0 Å². The number of rotatable bonds is 7. The van der Waals surface area contributed by atoms with E-state index in [0.717, 1.165) is 36.7 Å². The second-order valence-corrected chi connectivity index (χ2v) is 7.52. The number of carbonyl (C=O) groups excluding carboxylic acids is 1. The molecule has 4 rings (SSSR count). The van der Waals surface area contributed by atoms with Gasteiger partial charge in [0.1, 0.15) is 5.76 Å². The zero-order chi connectivity index (χ0) is 20.1. The second-order valence-electron chi connectivity index (χ2n) is 7.52. The molecule has 3 N–H and O–H groups in total. The fourth-order valence-electron chi connectivity index (χ4n) is 3.95. The Morgan fingerprint density at radius 2 is 2.14 bits per heavy atom. The van der Waals surface area contributed by atoms with E-state index in [2.05, 4.69) is 22.9 Å². The molecule has 0 aliphatic carbocycles. The molecule has 3 unspecified atom stereocenters. The van der Waals surface area contributed by atoms with E-state index < -0.39 is 0 Å². The number of benzene rings is 1. The van der Waals surface area contributed by atoms with E-state index in [-0.39, 0.29) is 5.91 Å². The maximum Gasteiger partial charge on any atom is 0.251 e. The van der Waals surface area contributed by atoms with Gasteiger partial charge in [0.2, 0.25) is 0 Å². The SMILES string of the molecule is CCNC(=NCc1cccc(C(=O)NCc2ccco2)c1)NC1CC2CCC1O2. The third kappa shape index (κ3) is 4.98. The molecule has 3 atom stereocenters. The van der Waals surface area contributed by atoms with Gasteiger partial charge in [0.15, 0.2) is 5.96 Å². The fourth-order valence-corrected chi connectivity index (χ4v) is 3.95. The number of amides is 1. The molecule has 154 valence electrons. The summed E-state index contributed by atoms with van der Waals surface area (Å²) >= 11 is 0. The van der Waals surface area contributed by atoms with E-state index in [0.29, 0.717) is 36.9 Å². The van der Waals surface area contributed by atoms with Gasteiger partial charge in [0, 0.05) is 12.1 Å².